The van der Waals surface area contributed by atoms with E-state index in [1.165, 1.54) is 11.1 Å². The minimum absolute atomic E-state index is 0.0458. The number of likely N-dealkylation sites (N-methyl/N-ethyl adjacent to an activating group) is 1. The Hall–Kier alpha value is -2.06. The van der Waals surface area contributed by atoms with E-state index in [2.05, 4.69) is 85.5 Å². The summed E-state index contributed by atoms with van der Waals surface area (Å²) in [5.74, 6) is 7.25. The summed E-state index contributed by atoms with van der Waals surface area (Å²) >= 11 is 1.69. The number of rotatable bonds is 11. The molecule has 0 aliphatic rings. The molecular weight excluding hydrogens is 378 g/mol. The second kappa shape index (κ2) is 12.5. The lowest BCUT2D eigenvalue weighted by molar-refractivity contribution is 0.0891. The molecule has 0 bridgehead atoms. The van der Waals surface area contributed by atoms with E-state index in [0.717, 1.165) is 25.4 Å². The Kier molecular flexibility index (Phi) is 10.0. The van der Waals surface area contributed by atoms with Gasteiger partial charge in [0.15, 0.2) is 0 Å². The standard InChI is InChI=1S/C25H33NO2S/c1-5-26(14-8-6-7-13-25(2,3)4)19-22-10-9-11-24(18-22)28-16-15-27-20-23-12-17-29-21-23/h6,8-12,17-18,21H,5,14-16,19-20H2,1-4H3/b8-6+. The number of thiophene rings is 1. The summed E-state index contributed by atoms with van der Waals surface area (Å²) in [5.41, 5.74) is 2.51. The average molecular weight is 412 g/mol. The Balaban J connectivity index is 1.74. The van der Waals surface area contributed by atoms with Crippen LogP contribution in [0.5, 0.6) is 5.75 Å². The first-order chi connectivity index (χ1) is 14.0. The van der Waals surface area contributed by atoms with Gasteiger partial charge in [-0.15, -0.1) is 0 Å². The minimum Gasteiger partial charge on any atom is -0.491 e. The fraction of sp³-hybridized carbons (Fsp3) is 0.440. The van der Waals surface area contributed by atoms with Crippen molar-refractivity contribution < 1.29 is 9.47 Å². The van der Waals surface area contributed by atoms with Gasteiger partial charge in [-0.25, -0.2) is 0 Å². The summed E-state index contributed by atoms with van der Waals surface area (Å²) in [7, 11) is 0. The van der Waals surface area contributed by atoms with E-state index in [4.69, 9.17) is 9.47 Å². The maximum absolute atomic E-state index is 5.85. The highest BCUT2D eigenvalue weighted by molar-refractivity contribution is 7.07. The average Bonchev–Trinajstić information content (AvgIpc) is 3.19. The second-order valence-electron chi connectivity index (χ2n) is 7.93. The predicted molar refractivity (Wildman–Crippen MR) is 123 cm³/mol. The van der Waals surface area contributed by atoms with Gasteiger partial charge < -0.3 is 9.47 Å². The summed E-state index contributed by atoms with van der Waals surface area (Å²) in [4.78, 5) is 2.37. The van der Waals surface area contributed by atoms with Crippen molar-refractivity contribution in [3.63, 3.8) is 0 Å². The maximum atomic E-state index is 5.85. The summed E-state index contributed by atoms with van der Waals surface area (Å²) in [6.07, 6.45) is 4.09. The molecule has 29 heavy (non-hydrogen) atoms. The van der Waals surface area contributed by atoms with Gasteiger partial charge in [-0.2, -0.15) is 11.3 Å². The Morgan fingerprint density at radius 2 is 2.00 bits per heavy atom. The molecule has 0 amide bonds. The van der Waals surface area contributed by atoms with Gasteiger partial charge in [0.25, 0.3) is 0 Å². The third-order valence-corrected chi connectivity index (χ3v) is 4.84. The molecule has 4 heteroatoms. The van der Waals surface area contributed by atoms with E-state index in [-0.39, 0.29) is 5.41 Å². The molecule has 0 saturated heterocycles. The zero-order valence-corrected chi connectivity index (χ0v) is 18.9. The van der Waals surface area contributed by atoms with Crippen molar-refractivity contribution in [2.45, 2.75) is 40.8 Å². The van der Waals surface area contributed by atoms with Crippen LogP contribution in [0.25, 0.3) is 0 Å². The van der Waals surface area contributed by atoms with Crippen LogP contribution in [0.15, 0.2) is 53.2 Å². The van der Waals surface area contributed by atoms with Gasteiger partial charge in [0.2, 0.25) is 0 Å². The smallest absolute Gasteiger partial charge is 0.119 e. The number of nitrogens with zero attached hydrogens (tertiary/aromatic N) is 1. The van der Waals surface area contributed by atoms with Gasteiger partial charge in [-0.3, -0.25) is 4.90 Å². The molecule has 0 aliphatic carbocycles. The Morgan fingerprint density at radius 1 is 1.14 bits per heavy atom. The number of benzene rings is 1. The van der Waals surface area contributed by atoms with Gasteiger partial charge >= 0.3 is 0 Å². The summed E-state index contributed by atoms with van der Waals surface area (Å²) in [5, 5.41) is 4.17. The van der Waals surface area contributed by atoms with Crippen molar-refractivity contribution >= 4 is 11.3 Å². The fourth-order valence-corrected chi connectivity index (χ4v) is 3.25. The first-order valence-electron chi connectivity index (χ1n) is 10.2. The van der Waals surface area contributed by atoms with Crippen LogP contribution in [-0.2, 0) is 17.9 Å². The van der Waals surface area contributed by atoms with E-state index in [1.54, 1.807) is 11.3 Å². The van der Waals surface area contributed by atoms with E-state index in [0.29, 0.717) is 19.8 Å². The fourth-order valence-electron chi connectivity index (χ4n) is 2.60. The number of ether oxygens (including phenoxy) is 2. The highest BCUT2D eigenvalue weighted by atomic mass is 32.1. The van der Waals surface area contributed by atoms with E-state index < -0.39 is 0 Å². The lowest BCUT2D eigenvalue weighted by Crippen LogP contribution is -2.22. The molecule has 0 spiro atoms. The normalized spacial score (nSPS) is 11.6. The topological polar surface area (TPSA) is 21.7 Å². The number of hydrogen-bond acceptors (Lipinski definition) is 4. The van der Waals surface area contributed by atoms with Crippen molar-refractivity contribution in [2.75, 3.05) is 26.3 Å². The SMILES string of the molecule is CCN(C/C=C/C#CC(C)(C)C)Cc1cccc(OCCOCc2ccsc2)c1. The number of allylic oxidation sites excluding steroid dienone is 1. The highest BCUT2D eigenvalue weighted by Gasteiger charge is 2.04. The van der Waals surface area contributed by atoms with E-state index >= 15 is 0 Å². The first-order valence-corrected chi connectivity index (χ1v) is 11.1. The van der Waals surface area contributed by atoms with Gasteiger partial charge in [0, 0.05) is 18.5 Å². The molecule has 1 aromatic carbocycles. The van der Waals surface area contributed by atoms with Gasteiger partial charge in [-0.1, -0.05) is 37.0 Å². The molecule has 3 nitrogen and oxygen atoms in total. The predicted octanol–water partition coefficient (Wildman–Crippen LogP) is 5.77. The molecule has 2 rings (SSSR count). The van der Waals surface area contributed by atoms with Gasteiger partial charge in [0.05, 0.1) is 13.2 Å². The Labute approximate surface area is 180 Å². The van der Waals surface area contributed by atoms with Crippen molar-refractivity contribution in [3.8, 4) is 17.6 Å². The third-order valence-electron chi connectivity index (χ3n) is 4.11. The van der Waals surface area contributed by atoms with Crippen LogP contribution in [0.3, 0.4) is 0 Å². The van der Waals surface area contributed by atoms with Crippen LogP contribution in [0, 0.1) is 17.3 Å². The first kappa shape index (κ1) is 23.2. The van der Waals surface area contributed by atoms with Crippen LogP contribution in [0.1, 0.15) is 38.8 Å². The van der Waals surface area contributed by atoms with Crippen molar-refractivity contribution in [3.05, 3.63) is 64.4 Å². The second-order valence-corrected chi connectivity index (χ2v) is 8.71. The molecular formula is C25H33NO2S. The molecule has 0 unspecified atom stereocenters. The third kappa shape index (κ3) is 10.3. The molecule has 0 N–H and O–H groups in total. The maximum Gasteiger partial charge on any atom is 0.119 e. The highest BCUT2D eigenvalue weighted by Crippen LogP contribution is 2.15. The zero-order valence-electron chi connectivity index (χ0n) is 18.1. The molecule has 0 saturated carbocycles. The van der Waals surface area contributed by atoms with Crippen molar-refractivity contribution in [1.29, 1.82) is 0 Å². The van der Waals surface area contributed by atoms with Gasteiger partial charge in [-0.05, 0) is 73.5 Å². The number of hydrogen-bond donors (Lipinski definition) is 0. The summed E-state index contributed by atoms with van der Waals surface area (Å²) in [6.45, 7) is 13.1. The molecule has 0 fully saturated rings. The van der Waals surface area contributed by atoms with Crippen molar-refractivity contribution in [2.24, 2.45) is 5.41 Å². The van der Waals surface area contributed by atoms with Crippen LogP contribution >= 0.6 is 11.3 Å². The molecule has 0 radical (unpaired) electrons. The van der Waals surface area contributed by atoms with E-state index in [9.17, 15) is 0 Å². The molecule has 1 heterocycles. The molecule has 1 aromatic heterocycles. The van der Waals surface area contributed by atoms with Crippen LogP contribution < -0.4 is 4.74 Å². The quantitative estimate of drug-likeness (QED) is 0.346. The van der Waals surface area contributed by atoms with Crippen LogP contribution in [0.2, 0.25) is 0 Å². The van der Waals surface area contributed by atoms with Gasteiger partial charge in [0.1, 0.15) is 12.4 Å². The molecule has 2 aromatic rings. The molecule has 0 aliphatic heterocycles. The lowest BCUT2D eigenvalue weighted by Gasteiger charge is -2.19. The van der Waals surface area contributed by atoms with E-state index in [1.807, 2.05) is 12.1 Å². The zero-order chi connectivity index (χ0) is 21.0. The summed E-state index contributed by atoms with van der Waals surface area (Å²) < 4.78 is 11.5. The van der Waals surface area contributed by atoms with Crippen molar-refractivity contribution in [1.82, 2.24) is 4.90 Å². The van der Waals surface area contributed by atoms with Crippen LogP contribution in [0.4, 0.5) is 0 Å². The Bertz CT molecular complexity index is 794. The summed E-state index contributed by atoms with van der Waals surface area (Å²) in [6, 6.07) is 10.4. The molecule has 156 valence electrons. The molecule has 0 atom stereocenters. The lowest BCUT2D eigenvalue weighted by atomic mass is 9.98. The Morgan fingerprint density at radius 3 is 2.72 bits per heavy atom. The largest absolute Gasteiger partial charge is 0.491 e. The minimum atomic E-state index is 0.0458. The monoisotopic (exact) mass is 411 g/mol. The van der Waals surface area contributed by atoms with Crippen LogP contribution in [-0.4, -0.2) is 31.2 Å².